The molecule has 6 rings (SSSR count). The van der Waals surface area contributed by atoms with Crippen molar-refractivity contribution in [2.24, 2.45) is 40.9 Å². The number of nitrogens with zero attached hydrogens (tertiary/aromatic N) is 8. The smallest absolute Gasteiger partial charge is 0.273 e. The topological polar surface area (TPSA) is 193 Å². The van der Waals surface area contributed by atoms with Gasteiger partial charge in [0.25, 0.3) is 5.91 Å². The lowest BCUT2D eigenvalue weighted by Crippen LogP contribution is -2.29. The van der Waals surface area contributed by atoms with Crippen molar-refractivity contribution in [1.29, 1.82) is 0 Å². The van der Waals surface area contributed by atoms with Crippen LogP contribution in [0.5, 0.6) is 0 Å². The first-order valence-corrected chi connectivity index (χ1v) is 25.5. The van der Waals surface area contributed by atoms with Gasteiger partial charge in [0.05, 0.1) is 24.2 Å². The van der Waals surface area contributed by atoms with Crippen LogP contribution in [0.3, 0.4) is 0 Å². The SMILES string of the molecule is CN=C(Cl)/C(=N/OC)c1ccccc1CO/N=C(\C)c1ccc(Cl)cc1.CN=C(OC)/C(=N/OC)c1ccccc1CO/N=C(\C)c1ccc(Cl)cc1.CNC(=O)/C(=N/OC)c1ccccc1CO/N=C(\C)c1ccc(Cl)cc1. The van der Waals surface area contributed by atoms with Gasteiger partial charge in [-0.3, -0.25) is 14.8 Å². The summed E-state index contributed by atoms with van der Waals surface area (Å²) in [5, 5.41) is 29.2. The number of hydrogen-bond acceptors (Lipinski definition) is 16. The van der Waals surface area contributed by atoms with Gasteiger partial charge >= 0.3 is 0 Å². The fourth-order valence-electron chi connectivity index (χ4n) is 6.87. The molecule has 0 aliphatic rings. The van der Waals surface area contributed by atoms with Gasteiger partial charge < -0.3 is 39.1 Å². The predicted octanol–water partition coefficient (Wildman–Crippen LogP) is 12.6. The number of benzene rings is 6. The van der Waals surface area contributed by atoms with Gasteiger partial charge in [0.1, 0.15) is 46.9 Å². The van der Waals surface area contributed by atoms with Crippen molar-refractivity contribution in [1.82, 2.24) is 5.32 Å². The van der Waals surface area contributed by atoms with Crippen LogP contribution < -0.4 is 5.32 Å². The lowest BCUT2D eigenvalue weighted by molar-refractivity contribution is -0.114. The van der Waals surface area contributed by atoms with E-state index in [1.54, 1.807) is 32.3 Å². The summed E-state index contributed by atoms with van der Waals surface area (Å²) in [6.07, 6.45) is 0. The third-order valence-electron chi connectivity index (χ3n) is 10.8. The second-order valence-electron chi connectivity index (χ2n) is 16.0. The Kier molecular flexibility index (Phi) is 27.8. The van der Waals surface area contributed by atoms with Crippen LogP contribution in [0.4, 0.5) is 0 Å². The number of likely N-dealkylation sites (N-methyl/N-ethyl adjacent to an activating group) is 1. The van der Waals surface area contributed by atoms with E-state index in [2.05, 4.69) is 46.2 Å². The summed E-state index contributed by atoms with van der Waals surface area (Å²) >= 11 is 23.8. The lowest BCUT2D eigenvalue weighted by Gasteiger charge is -2.12. The Balaban J connectivity index is 0.000000255. The molecular weight excluding hydrogens is 1090 g/mol. The third kappa shape index (κ3) is 20.3. The highest BCUT2D eigenvalue weighted by Crippen LogP contribution is 2.19. The molecule has 0 saturated carbocycles. The molecule has 414 valence electrons. The maximum absolute atomic E-state index is 12.0. The van der Waals surface area contributed by atoms with E-state index in [1.165, 1.54) is 35.5 Å². The number of hydrogen-bond donors (Lipinski definition) is 1. The molecule has 6 aromatic carbocycles. The molecule has 17 nitrogen and oxygen atoms in total. The number of ether oxygens (including phenoxy) is 1. The molecule has 21 heteroatoms. The molecule has 0 radical (unpaired) electrons. The first-order valence-electron chi connectivity index (χ1n) is 23.9. The Morgan fingerprint density at radius 1 is 0.443 bits per heavy atom. The van der Waals surface area contributed by atoms with E-state index in [0.29, 0.717) is 38.0 Å². The molecule has 6 aromatic rings. The number of aliphatic imine (C=N–C) groups is 2. The van der Waals surface area contributed by atoms with Crippen molar-refractivity contribution in [2.45, 2.75) is 40.6 Å². The Morgan fingerprint density at radius 2 is 0.759 bits per heavy atom. The molecule has 1 N–H and O–H groups in total. The number of methoxy groups -OCH3 is 1. The Labute approximate surface area is 480 Å². The number of oxime groups is 6. The van der Waals surface area contributed by atoms with Crippen molar-refractivity contribution in [2.75, 3.05) is 49.6 Å². The van der Waals surface area contributed by atoms with Crippen LogP contribution in [-0.2, 0) is 58.4 Å². The predicted molar refractivity (Wildman–Crippen MR) is 319 cm³/mol. The van der Waals surface area contributed by atoms with Crippen molar-refractivity contribution >= 4 is 97.6 Å². The van der Waals surface area contributed by atoms with E-state index >= 15 is 0 Å². The van der Waals surface area contributed by atoms with E-state index in [1.807, 2.05) is 148 Å². The van der Waals surface area contributed by atoms with Gasteiger partial charge in [0.2, 0.25) is 5.90 Å². The van der Waals surface area contributed by atoms with Crippen molar-refractivity contribution < 1.29 is 38.6 Å². The van der Waals surface area contributed by atoms with Gasteiger partial charge in [-0.05, 0) is 73.9 Å². The van der Waals surface area contributed by atoms with E-state index in [4.69, 9.17) is 80.2 Å². The molecular formula is C58H61Cl4N9O8. The van der Waals surface area contributed by atoms with Gasteiger partial charge in [0.15, 0.2) is 16.6 Å². The normalized spacial score (nSPS) is 12.5. The summed E-state index contributed by atoms with van der Waals surface area (Å²) in [6.45, 7) is 6.27. The van der Waals surface area contributed by atoms with Crippen LogP contribution in [0.1, 0.15) is 70.8 Å². The zero-order valence-corrected chi connectivity index (χ0v) is 48.4. The number of rotatable bonds is 21. The van der Waals surface area contributed by atoms with Crippen molar-refractivity contribution in [3.8, 4) is 0 Å². The molecule has 0 aromatic heterocycles. The molecule has 0 heterocycles. The van der Waals surface area contributed by atoms with E-state index in [9.17, 15) is 4.79 Å². The minimum absolute atomic E-state index is 0.174. The second kappa shape index (κ2) is 34.6. The van der Waals surface area contributed by atoms with Crippen LogP contribution in [0.2, 0.25) is 15.1 Å². The van der Waals surface area contributed by atoms with Crippen molar-refractivity contribution in [3.05, 3.63) is 211 Å². The number of carbonyl (C=O) groups excluding carboxylic acids is 1. The highest BCUT2D eigenvalue weighted by molar-refractivity contribution is 6.85. The molecule has 0 aliphatic carbocycles. The maximum Gasteiger partial charge on any atom is 0.273 e. The number of carbonyl (C=O) groups is 1. The summed E-state index contributed by atoms with van der Waals surface area (Å²) in [4.78, 5) is 51.3. The molecule has 0 spiro atoms. The van der Waals surface area contributed by atoms with Gasteiger partial charge in [-0.15, -0.1) is 0 Å². The standard InChI is InChI=1S/C20H22ClN3O3.C19H19Cl2N3O2.C19H20ClN3O3/c1-14(15-9-11-17(21)12-10-15)23-27-13-16-7-5-6-8-18(16)19(24-26-4)20(22-2)25-3;1-13(14-8-10-16(20)11-9-14)23-26-12-15-6-4-5-7-17(15)18(24-25-3)19(21)22-2;1-13(14-8-10-16(20)11-9-14)22-26-12-15-6-4-5-7-17(15)18(23-25-3)19(24)21-2/h5-12H,13H2,1-4H3;4-11H,12H2,1-3H3;4-11H,12H2,1-3H3,(H,21,24)/b22-20?,23-14+,24-19+;22-19?,23-13+,24-18+;22-13+,23-18+. The highest BCUT2D eigenvalue weighted by Gasteiger charge is 2.19. The van der Waals surface area contributed by atoms with Crippen LogP contribution in [0, 0.1) is 0 Å². The molecule has 79 heavy (non-hydrogen) atoms. The Morgan fingerprint density at radius 3 is 1.08 bits per heavy atom. The van der Waals surface area contributed by atoms with Gasteiger partial charge in [-0.2, -0.15) is 0 Å². The molecule has 1 amide bonds. The Bertz CT molecular complexity index is 3160. The van der Waals surface area contributed by atoms with Crippen LogP contribution >= 0.6 is 46.4 Å². The van der Waals surface area contributed by atoms with Gasteiger partial charge in [0, 0.05) is 69.6 Å². The Hall–Kier alpha value is -8.09. The second-order valence-corrected chi connectivity index (χ2v) is 17.7. The summed E-state index contributed by atoms with van der Waals surface area (Å²) < 4.78 is 5.29. The first kappa shape index (κ1) is 63.4. The lowest BCUT2D eigenvalue weighted by atomic mass is 10.0. The summed E-state index contributed by atoms with van der Waals surface area (Å²) in [5.74, 6) is 0.0188. The summed E-state index contributed by atoms with van der Waals surface area (Å²) in [7, 11) is 10.6. The van der Waals surface area contributed by atoms with Crippen LogP contribution in [0.25, 0.3) is 0 Å². The third-order valence-corrected chi connectivity index (χ3v) is 12.0. The average molecular weight is 1150 g/mol. The first-order chi connectivity index (χ1) is 38.2. The molecule has 0 saturated heterocycles. The minimum atomic E-state index is -0.347. The van der Waals surface area contributed by atoms with Crippen LogP contribution in [-0.4, -0.2) is 101 Å². The largest absolute Gasteiger partial charge is 0.480 e. The fraction of sp³-hybridized carbons (Fsp3) is 0.224. The van der Waals surface area contributed by atoms with E-state index < -0.39 is 0 Å². The highest BCUT2D eigenvalue weighted by atomic mass is 35.5. The number of amides is 1. The summed E-state index contributed by atoms with van der Waals surface area (Å²) in [5.41, 5.74) is 10.8. The monoisotopic (exact) mass is 1150 g/mol. The maximum atomic E-state index is 12.0. The quantitative estimate of drug-likeness (QED) is 0.0418. The fourth-order valence-corrected chi connectivity index (χ4v) is 7.38. The van der Waals surface area contributed by atoms with Crippen LogP contribution in [0.15, 0.2) is 187 Å². The number of halogens is 4. The van der Waals surface area contributed by atoms with Gasteiger partial charge in [-0.1, -0.05) is 187 Å². The van der Waals surface area contributed by atoms with E-state index in [-0.39, 0.29) is 36.6 Å². The molecule has 0 atom stereocenters. The number of nitrogens with one attached hydrogen (secondary N) is 1. The molecule has 0 unspecified atom stereocenters. The molecule has 0 bridgehead atoms. The summed E-state index contributed by atoms with van der Waals surface area (Å²) in [6, 6.07) is 44.6. The minimum Gasteiger partial charge on any atom is -0.480 e. The zero-order valence-electron chi connectivity index (χ0n) is 45.3. The van der Waals surface area contributed by atoms with Crippen molar-refractivity contribution in [3.63, 3.8) is 0 Å². The van der Waals surface area contributed by atoms with Gasteiger partial charge in [-0.25, -0.2) is 0 Å². The van der Waals surface area contributed by atoms with E-state index in [0.717, 1.165) is 61.6 Å². The molecule has 0 aliphatic heterocycles. The average Bonchev–Trinajstić information content (AvgIpc) is 3.47. The zero-order chi connectivity index (χ0) is 57.5. The molecule has 0 fully saturated rings.